The van der Waals surface area contributed by atoms with Gasteiger partial charge in [0.15, 0.2) is 0 Å². The molecule has 0 aromatic heterocycles. The molecular weight excluding hydrogens is 417 g/mol. The molecule has 5 atom stereocenters. The molecule has 6 rings (SSSR count). The fourth-order valence-corrected chi connectivity index (χ4v) is 10.7. The lowest BCUT2D eigenvalue weighted by molar-refractivity contribution is 0.448. The molecule has 2 heteroatoms. The first-order valence-corrected chi connectivity index (χ1v) is 14.7. The van der Waals surface area contributed by atoms with Gasteiger partial charge in [0.2, 0.25) is 0 Å². The highest BCUT2D eigenvalue weighted by molar-refractivity contribution is 7.57. The second kappa shape index (κ2) is 9.01. The summed E-state index contributed by atoms with van der Waals surface area (Å²) in [7, 11) is -0.235. The zero-order valence-corrected chi connectivity index (χ0v) is 20.7. The normalized spacial score (nSPS) is 25.6. The first-order valence-electron chi connectivity index (χ1n) is 13.0. The van der Waals surface area contributed by atoms with E-state index in [9.17, 15) is 0 Å². The Bertz CT molecular complexity index is 1130. The summed E-state index contributed by atoms with van der Waals surface area (Å²) >= 11 is 0. The predicted octanol–water partition coefficient (Wildman–Crippen LogP) is 7.34. The van der Waals surface area contributed by atoms with Gasteiger partial charge in [-0.05, 0) is 103 Å². The molecule has 1 aliphatic heterocycles. The zero-order valence-electron chi connectivity index (χ0n) is 19.8. The summed E-state index contributed by atoms with van der Waals surface area (Å²) in [5.74, 6) is 1.32. The van der Waals surface area contributed by atoms with E-state index < -0.39 is 0 Å². The summed E-state index contributed by atoms with van der Waals surface area (Å²) in [6.07, 6.45) is 10.4. The molecule has 2 N–H and O–H groups in total. The number of rotatable bonds is 3. The van der Waals surface area contributed by atoms with Gasteiger partial charge in [-0.3, -0.25) is 0 Å². The van der Waals surface area contributed by atoms with Crippen molar-refractivity contribution in [3.8, 4) is 0 Å². The predicted molar refractivity (Wildman–Crippen MR) is 142 cm³/mol. The van der Waals surface area contributed by atoms with Gasteiger partial charge in [0, 0.05) is 17.6 Å². The minimum absolute atomic E-state index is 0.187. The first-order chi connectivity index (χ1) is 16.2. The van der Waals surface area contributed by atoms with Crippen LogP contribution in [0.5, 0.6) is 0 Å². The number of nitrogens with two attached hydrogens (primary N) is 1. The minimum Gasteiger partial charge on any atom is -0.327 e. The van der Waals surface area contributed by atoms with Crippen LogP contribution in [0.1, 0.15) is 76.7 Å². The third-order valence-corrected chi connectivity index (χ3v) is 11.7. The van der Waals surface area contributed by atoms with Gasteiger partial charge < -0.3 is 5.73 Å². The zero-order chi connectivity index (χ0) is 22.4. The van der Waals surface area contributed by atoms with Crippen LogP contribution in [0.2, 0.25) is 0 Å². The Labute approximate surface area is 200 Å². The van der Waals surface area contributed by atoms with Crippen molar-refractivity contribution in [1.82, 2.24) is 0 Å². The number of benzene rings is 3. The van der Waals surface area contributed by atoms with Crippen molar-refractivity contribution in [2.75, 3.05) is 6.16 Å². The lowest BCUT2D eigenvalue weighted by atomic mass is 9.69. The quantitative estimate of drug-likeness (QED) is 0.412. The molecule has 0 fully saturated rings. The number of fused-ring (bicyclic) bond motifs is 7. The van der Waals surface area contributed by atoms with Crippen molar-refractivity contribution in [2.45, 2.75) is 69.2 Å². The van der Waals surface area contributed by atoms with Crippen molar-refractivity contribution in [1.29, 1.82) is 0 Å². The van der Waals surface area contributed by atoms with Crippen LogP contribution < -0.4 is 5.73 Å². The Morgan fingerprint density at radius 3 is 2.42 bits per heavy atom. The lowest BCUT2D eigenvalue weighted by Crippen LogP contribution is -2.28. The third kappa shape index (κ3) is 3.88. The maximum Gasteiger partial charge on any atom is 0.0194 e. The van der Waals surface area contributed by atoms with Gasteiger partial charge in [-0.15, -0.1) is 0 Å². The summed E-state index contributed by atoms with van der Waals surface area (Å²) in [5.41, 5.74) is 18.6. The SMILES string of the molecule is CC(N)C(c1ccccc1)P1Cc2ccc3c(c2C2c4ccccc4CCC2C1)CCCC3. The smallest absolute Gasteiger partial charge is 0.0194 e. The van der Waals surface area contributed by atoms with Crippen molar-refractivity contribution in [3.05, 3.63) is 106 Å². The van der Waals surface area contributed by atoms with E-state index in [4.69, 9.17) is 5.73 Å². The van der Waals surface area contributed by atoms with Crippen LogP contribution in [-0.2, 0) is 25.4 Å². The lowest BCUT2D eigenvalue weighted by Gasteiger charge is -2.37. The maximum atomic E-state index is 6.74. The van der Waals surface area contributed by atoms with Crippen molar-refractivity contribution >= 4 is 7.92 Å². The largest absolute Gasteiger partial charge is 0.327 e. The van der Waals surface area contributed by atoms with Gasteiger partial charge in [0.1, 0.15) is 0 Å². The van der Waals surface area contributed by atoms with E-state index in [0.717, 1.165) is 5.92 Å². The fraction of sp³-hybridized carbons (Fsp3) is 0.419. The number of hydrogen-bond acceptors (Lipinski definition) is 1. The topological polar surface area (TPSA) is 26.0 Å². The standard InChI is InChI=1S/C31H36NP/c1-21(32)31(24-11-3-2-4-12-24)33-19-25-17-15-22-9-5-7-13-27(22)29(25)30-26(20-33)18-16-23-10-6-8-14-28(23)30/h2-5,7,9,11-13,16,18,21,25,29,31H,6,8,10,14-15,17,19-20,32H2,1H3. The molecule has 33 heavy (non-hydrogen) atoms. The van der Waals surface area contributed by atoms with E-state index in [0.29, 0.717) is 11.6 Å². The number of hydrogen-bond donors (Lipinski definition) is 1. The summed E-state index contributed by atoms with van der Waals surface area (Å²) < 4.78 is 0. The molecule has 3 aliphatic rings. The highest BCUT2D eigenvalue weighted by atomic mass is 31.1. The van der Waals surface area contributed by atoms with E-state index in [2.05, 4.69) is 73.7 Å². The molecule has 0 spiro atoms. The first kappa shape index (κ1) is 21.6. The average Bonchev–Trinajstić information content (AvgIpc) is 3.01. The molecule has 3 aromatic rings. The van der Waals surface area contributed by atoms with Crippen molar-refractivity contribution < 1.29 is 0 Å². The molecule has 0 radical (unpaired) electrons. The molecule has 1 nitrogen and oxygen atoms in total. The minimum atomic E-state index is -0.235. The Balaban J connectivity index is 1.51. The Kier molecular flexibility index (Phi) is 5.89. The molecule has 0 bridgehead atoms. The number of aryl methyl sites for hydroxylation is 2. The van der Waals surface area contributed by atoms with Crippen LogP contribution in [0, 0.1) is 5.92 Å². The summed E-state index contributed by atoms with van der Waals surface area (Å²) in [6.45, 7) is 2.24. The Morgan fingerprint density at radius 1 is 0.818 bits per heavy atom. The molecule has 2 aliphatic carbocycles. The molecule has 1 heterocycles. The summed E-state index contributed by atoms with van der Waals surface area (Å²) in [5, 5.41) is 0. The van der Waals surface area contributed by atoms with E-state index in [-0.39, 0.29) is 14.0 Å². The molecule has 0 saturated heterocycles. The monoisotopic (exact) mass is 453 g/mol. The summed E-state index contributed by atoms with van der Waals surface area (Å²) in [6, 6.07) is 25.7. The second-order valence-electron chi connectivity index (χ2n) is 10.6. The average molecular weight is 454 g/mol. The van der Waals surface area contributed by atoms with Gasteiger partial charge in [-0.1, -0.05) is 74.7 Å². The molecule has 5 unspecified atom stereocenters. The van der Waals surface area contributed by atoms with Gasteiger partial charge in [0.05, 0.1) is 0 Å². The maximum absolute atomic E-state index is 6.74. The molecule has 170 valence electrons. The van der Waals surface area contributed by atoms with Gasteiger partial charge in [-0.2, -0.15) is 0 Å². The molecule has 3 aromatic carbocycles. The van der Waals surface area contributed by atoms with Crippen LogP contribution in [0.15, 0.2) is 66.7 Å². The van der Waals surface area contributed by atoms with Crippen molar-refractivity contribution in [2.24, 2.45) is 11.7 Å². The van der Waals surface area contributed by atoms with Crippen LogP contribution in [0.3, 0.4) is 0 Å². The second-order valence-corrected chi connectivity index (χ2v) is 13.0. The van der Waals surface area contributed by atoms with E-state index in [1.807, 2.05) is 0 Å². The highest BCUT2D eigenvalue weighted by Crippen LogP contribution is 2.62. The van der Waals surface area contributed by atoms with Crippen molar-refractivity contribution in [3.63, 3.8) is 0 Å². The highest BCUT2D eigenvalue weighted by Gasteiger charge is 2.40. The fourth-order valence-electron chi connectivity index (χ4n) is 7.14. The Morgan fingerprint density at radius 2 is 1.58 bits per heavy atom. The molecular formula is C31H36NP. The van der Waals surface area contributed by atoms with E-state index in [1.54, 1.807) is 33.4 Å². The van der Waals surface area contributed by atoms with Crippen LogP contribution in [0.25, 0.3) is 0 Å². The third-order valence-electron chi connectivity index (χ3n) is 8.50. The van der Waals surface area contributed by atoms with Gasteiger partial charge in [0.25, 0.3) is 0 Å². The van der Waals surface area contributed by atoms with Crippen LogP contribution in [-0.4, -0.2) is 12.2 Å². The Hall–Kier alpha value is -1.95. The molecule has 0 amide bonds. The van der Waals surface area contributed by atoms with Crippen LogP contribution in [0.4, 0.5) is 0 Å². The van der Waals surface area contributed by atoms with E-state index in [1.165, 1.54) is 56.4 Å². The van der Waals surface area contributed by atoms with E-state index >= 15 is 0 Å². The van der Waals surface area contributed by atoms with Gasteiger partial charge in [-0.25, -0.2) is 0 Å². The van der Waals surface area contributed by atoms with Crippen LogP contribution >= 0.6 is 7.92 Å². The van der Waals surface area contributed by atoms with Gasteiger partial charge >= 0.3 is 0 Å². The molecule has 0 saturated carbocycles. The summed E-state index contributed by atoms with van der Waals surface area (Å²) in [4.78, 5) is 0.